The van der Waals surface area contributed by atoms with E-state index in [1.165, 1.54) is 6.33 Å². The number of aliphatic carboxylic acids is 1. The van der Waals surface area contributed by atoms with Crippen molar-refractivity contribution < 1.29 is 15.0 Å². The maximum absolute atomic E-state index is 10.3. The summed E-state index contributed by atoms with van der Waals surface area (Å²) in [6, 6.07) is 0. The number of hydrogen-bond donors (Lipinski definition) is 2. The van der Waals surface area contributed by atoms with Crippen molar-refractivity contribution in [3.8, 4) is 0 Å². The van der Waals surface area contributed by atoms with Crippen LogP contribution in [0.5, 0.6) is 0 Å². The van der Waals surface area contributed by atoms with Crippen molar-refractivity contribution in [2.75, 3.05) is 6.61 Å². The summed E-state index contributed by atoms with van der Waals surface area (Å²) < 4.78 is 1.70. The highest BCUT2D eigenvalue weighted by atomic mass is 16.4. The molecule has 0 saturated heterocycles. The van der Waals surface area contributed by atoms with E-state index in [1.54, 1.807) is 4.57 Å². The lowest BCUT2D eigenvalue weighted by Crippen LogP contribution is -2.08. The Hall–Kier alpha value is -1.43. The topological polar surface area (TPSA) is 88.2 Å². The SMILES string of the molecule is O=C(O)CCn1cnnc1CCCO. The van der Waals surface area contributed by atoms with Crippen LogP contribution in [0.2, 0.25) is 0 Å². The molecule has 14 heavy (non-hydrogen) atoms. The summed E-state index contributed by atoms with van der Waals surface area (Å²) in [5.74, 6) is -0.118. The smallest absolute Gasteiger partial charge is 0.305 e. The van der Waals surface area contributed by atoms with Crippen LogP contribution >= 0.6 is 0 Å². The molecular formula is C8H13N3O3. The largest absolute Gasteiger partial charge is 0.481 e. The maximum atomic E-state index is 10.3. The second-order valence-corrected chi connectivity index (χ2v) is 2.91. The minimum Gasteiger partial charge on any atom is -0.481 e. The van der Waals surface area contributed by atoms with Crippen molar-refractivity contribution in [2.45, 2.75) is 25.8 Å². The third-order valence-electron chi connectivity index (χ3n) is 1.82. The summed E-state index contributed by atoms with van der Waals surface area (Å²) in [5.41, 5.74) is 0. The number of carbonyl (C=O) groups is 1. The van der Waals surface area contributed by atoms with Crippen LogP contribution in [0.1, 0.15) is 18.7 Å². The molecule has 1 rings (SSSR count). The van der Waals surface area contributed by atoms with Gasteiger partial charge in [-0.1, -0.05) is 0 Å². The Morgan fingerprint density at radius 2 is 2.36 bits per heavy atom. The maximum Gasteiger partial charge on any atom is 0.305 e. The number of rotatable bonds is 6. The van der Waals surface area contributed by atoms with Crippen molar-refractivity contribution in [1.82, 2.24) is 14.8 Å². The number of hydrogen-bond acceptors (Lipinski definition) is 4. The monoisotopic (exact) mass is 199 g/mol. The van der Waals surface area contributed by atoms with Crippen LogP contribution in [0.4, 0.5) is 0 Å². The molecule has 1 aromatic rings. The quantitative estimate of drug-likeness (QED) is 0.655. The molecule has 0 amide bonds. The number of aryl methyl sites for hydroxylation is 2. The molecule has 6 heteroatoms. The Labute approximate surface area is 81.2 Å². The molecule has 1 heterocycles. The third-order valence-corrected chi connectivity index (χ3v) is 1.82. The highest BCUT2D eigenvalue weighted by molar-refractivity contribution is 5.66. The number of carboxylic acid groups (broad SMARTS) is 1. The summed E-state index contributed by atoms with van der Waals surface area (Å²) in [6.45, 7) is 0.481. The normalized spacial score (nSPS) is 10.4. The molecule has 0 radical (unpaired) electrons. The molecule has 0 unspecified atom stereocenters. The second kappa shape index (κ2) is 5.33. The Bertz CT molecular complexity index is 298. The highest BCUT2D eigenvalue weighted by Gasteiger charge is 2.05. The van der Waals surface area contributed by atoms with E-state index in [0.29, 0.717) is 19.4 Å². The van der Waals surface area contributed by atoms with Gasteiger partial charge in [0.15, 0.2) is 0 Å². The molecule has 0 spiro atoms. The molecule has 0 aliphatic rings. The molecule has 78 valence electrons. The highest BCUT2D eigenvalue weighted by Crippen LogP contribution is 2.00. The average Bonchev–Trinajstić information content (AvgIpc) is 2.58. The first-order valence-corrected chi connectivity index (χ1v) is 4.43. The Kier molecular flexibility index (Phi) is 4.06. The first-order valence-electron chi connectivity index (χ1n) is 4.43. The number of aliphatic hydroxyl groups excluding tert-OH is 1. The van der Waals surface area contributed by atoms with Crippen molar-refractivity contribution in [3.05, 3.63) is 12.2 Å². The van der Waals surface area contributed by atoms with Gasteiger partial charge in [0.2, 0.25) is 0 Å². The molecule has 1 aromatic heterocycles. The van der Waals surface area contributed by atoms with Crippen molar-refractivity contribution in [2.24, 2.45) is 0 Å². The van der Waals surface area contributed by atoms with E-state index in [9.17, 15) is 4.79 Å². The van der Waals surface area contributed by atoms with Crippen LogP contribution < -0.4 is 0 Å². The van der Waals surface area contributed by atoms with Crippen LogP contribution in [0.15, 0.2) is 6.33 Å². The van der Waals surface area contributed by atoms with Crippen molar-refractivity contribution >= 4 is 5.97 Å². The lowest BCUT2D eigenvalue weighted by molar-refractivity contribution is -0.137. The van der Waals surface area contributed by atoms with Gasteiger partial charge in [-0.25, -0.2) is 0 Å². The van der Waals surface area contributed by atoms with Gasteiger partial charge in [0, 0.05) is 19.6 Å². The van der Waals surface area contributed by atoms with Gasteiger partial charge >= 0.3 is 5.97 Å². The van der Waals surface area contributed by atoms with E-state index < -0.39 is 5.97 Å². The zero-order valence-corrected chi connectivity index (χ0v) is 7.76. The fourth-order valence-electron chi connectivity index (χ4n) is 1.11. The standard InChI is InChI=1S/C8H13N3O3/c12-5-1-2-7-10-9-6-11(7)4-3-8(13)14/h6,12H,1-5H2,(H,13,14). The van der Waals surface area contributed by atoms with Gasteiger partial charge in [-0.3, -0.25) is 4.79 Å². The lowest BCUT2D eigenvalue weighted by Gasteiger charge is -2.03. The molecule has 2 N–H and O–H groups in total. The fraction of sp³-hybridized carbons (Fsp3) is 0.625. The molecule has 0 saturated carbocycles. The summed E-state index contributed by atoms with van der Waals surface area (Å²) >= 11 is 0. The molecule has 0 fully saturated rings. The molecular weight excluding hydrogens is 186 g/mol. The number of aliphatic hydroxyl groups is 1. The van der Waals surface area contributed by atoms with Crippen LogP contribution in [0, 0.1) is 0 Å². The Balaban J connectivity index is 2.49. The third kappa shape index (κ3) is 3.14. The van der Waals surface area contributed by atoms with Crippen molar-refractivity contribution in [3.63, 3.8) is 0 Å². The summed E-state index contributed by atoms with van der Waals surface area (Å²) in [5, 5.41) is 24.6. The van der Waals surface area contributed by atoms with Crippen LogP contribution in [-0.2, 0) is 17.8 Å². The number of nitrogens with zero attached hydrogens (tertiary/aromatic N) is 3. The van der Waals surface area contributed by atoms with Crippen LogP contribution in [0.25, 0.3) is 0 Å². The molecule has 0 aliphatic heterocycles. The first-order chi connectivity index (χ1) is 6.74. The van der Waals surface area contributed by atoms with Gasteiger partial charge in [-0.05, 0) is 6.42 Å². The molecule has 0 bridgehead atoms. The molecule has 0 aliphatic carbocycles. The lowest BCUT2D eigenvalue weighted by atomic mass is 10.3. The molecule has 6 nitrogen and oxygen atoms in total. The van der Waals surface area contributed by atoms with E-state index >= 15 is 0 Å². The van der Waals surface area contributed by atoms with E-state index in [2.05, 4.69) is 10.2 Å². The minimum atomic E-state index is -0.841. The van der Waals surface area contributed by atoms with Gasteiger partial charge in [0.25, 0.3) is 0 Å². The molecule has 0 atom stereocenters. The number of carboxylic acids is 1. The van der Waals surface area contributed by atoms with Gasteiger partial charge < -0.3 is 14.8 Å². The van der Waals surface area contributed by atoms with Gasteiger partial charge in [-0.2, -0.15) is 0 Å². The summed E-state index contributed by atoms with van der Waals surface area (Å²) in [6.07, 6.45) is 2.81. The van der Waals surface area contributed by atoms with Gasteiger partial charge in [0.1, 0.15) is 12.2 Å². The van der Waals surface area contributed by atoms with E-state index in [0.717, 1.165) is 5.82 Å². The van der Waals surface area contributed by atoms with Crippen LogP contribution in [0.3, 0.4) is 0 Å². The Morgan fingerprint density at radius 1 is 1.57 bits per heavy atom. The van der Waals surface area contributed by atoms with E-state index in [1.807, 2.05) is 0 Å². The number of aromatic nitrogens is 3. The predicted molar refractivity (Wildman–Crippen MR) is 47.7 cm³/mol. The van der Waals surface area contributed by atoms with Gasteiger partial charge in [-0.15, -0.1) is 10.2 Å². The summed E-state index contributed by atoms with van der Waals surface area (Å²) in [7, 11) is 0. The predicted octanol–water partition coefficient (Wildman–Crippen LogP) is -0.322. The zero-order chi connectivity index (χ0) is 10.4. The first kappa shape index (κ1) is 10.6. The second-order valence-electron chi connectivity index (χ2n) is 2.91. The van der Waals surface area contributed by atoms with E-state index in [4.69, 9.17) is 10.2 Å². The van der Waals surface area contributed by atoms with Crippen LogP contribution in [-0.4, -0.2) is 37.6 Å². The summed E-state index contributed by atoms with van der Waals surface area (Å²) in [4.78, 5) is 10.3. The minimum absolute atomic E-state index is 0.0597. The molecule has 0 aromatic carbocycles. The average molecular weight is 199 g/mol. The van der Waals surface area contributed by atoms with E-state index in [-0.39, 0.29) is 13.0 Å². The zero-order valence-electron chi connectivity index (χ0n) is 7.76. The Morgan fingerprint density at radius 3 is 3.00 bits per heavy atom. The fourth-order valence-corrected chi connectivity index (χ4v) is 1.11. The van der Waals surface area contributed by atoms with Crippen molar-refractivity contribution in [1.29, 1.82) is 0 Å². The van der Waals surface area contributed by atoms with Gasteiger partial charge in [0.05, 0.1) is 6.42 Å².